The third-order valence-electron chi connectivity index (χ3n) is 4.09. The first kappa shape index (κ1) is 18.9. The zero-order chi connectivity index (χ0) is 19.6. The van der Waals surface area contributed by atoms with Gasteiger partial charge in [-0.15, -0.1) is 0 Å². The van der Waals surface area contributed by atoms with Gasteiger partial charge in [0.15, 0.2) is 5.78 Å². The van der Waals surface area contributed by atoms with Crippen molar-refractivity contribution in [1.82, 2.24) is 14.5 Å². The average Bonchev–Trinajstić information content (AvgIpc) is 3.08. The summed E-state index contributed by atoms with van der Waals surface area (Å²) < 4.78 is 42.8. The van der Waals surface area contributed by atoms with Crippen molar-refractivity contribution in [3.63, 3.8) is 0 Å². The number of halogens is 1. The van der Waals surface area contributed by atoms with E-state index in [1.54, 1.807) is 48.1 Å². The third kappa shape index (κ3) is 3.96. The van der Waals surface area contributed by atoms with Crippen LogP contribution in [0.3, 0.4) is 0 Å². The highest BCUT2D eigenvalue weighted by Crippen LogP contribution is 2.20. The number of Topliss-reactive ketones (excluding diaryl/α,β-unsaturated/α-hetero) is 1. The van der Waals surface area contributed by atoms with Gasteiger partial charge < -0.3 is 0 Å². The van der Waals surface area contributed by atoms with E-state index in [0.717, 1.165) is 5.69 Å². The van der Waals surface area contributed by atoms with Crippen LogP contribution in [-0.2, 0) is 10.0 Å². The third-order valence-corrected chi connectivity index (χ3v) is 5.51. The van der Waals surface area contributed by atoms with Crippen LogP contribution in [-0.4, -0.2) is 30.5 Å². The van der Waals surface area contributed by atoms with E-state index in [-0.39, 0.29) is 16.0 Å². The molecule has 8 heteroatoms. The molecule has 0 amide bonds. The van der Waals surface area contributed by atoms with Gasteiger partial charge in [0.1, 0.15) is 5.82 Å². The van der Waals surface area contributed by atoms with E-state index < -0.39 is 28.2 Å². The smallest absolute Gasteiger partial charge is 0.240 e. The maximum atomic E-state index is 14.5. The Balaban J connectivity index is 1.87. The van der Waals surface area contributed by atoms with Crippen molar-refractivity contribution in [3.8, 4) is 5.69 Å². The molecule has 0 atom stereocenters. The first-order chi connectivity index (χ1) is 12.8. The van der Waals surface area contributed by atoms with Crippen molar-refractivity contribution in [2.75, 3.05) is 6.54 Å². The summed E-state index contributed by atoms with van der Waals surface area (Å²) in [5.41, 5.74) is 1.45. The first-order valence-corrected chi connectivity index (χ1v) is 9.67. The maximum Gasteiger partial charge on any atom is 0.240 e. The second kappa shape index (κ2) is 7.42. The number of aromatic nitrogens is 2. The van der Waals surface area contributed by atoms with Gasteiger partial charge in [0, 0.05) is 11.9 Å². The zero-order valence-corrected chi connectivity index (χ0v) is 15.6. The van der Waals surface area contributed by atoms with Gasteiger partial charge in [-0.2, -0.15) is 5.10 Å². The molecule has 6 nitrogen and oxygen atoms in total. The highest BCUT2D eigenvalue weighted by Gasteiger charge is 2.20. The lowest BCUT2D eigenvalue weighted by atomic mass is 10.1. The van der Waals surface area contributed by atoms with Crippen LogP contribution in [0.1, 0.15) is 21.6 Å². The molecule has 0 aliphatic heterocycles. The molecule has 0 fully saturated rings. The van der Waals surface area contributed by atoms with Crippen molar-refractivity contribution in [2.24, 2.45) is 0 Å². The number of carbonyl (C=O) groups is 1. The first-order valence-electron chi connectivity index (χ1n) is 8.18. The maximum absolute atomic E-state index is 14.5. The summed E-state index contributed by atoms with van der Waals surface area (Å²) in [5.74, 6) is -1.34. The Morgan fingerprint density at radius 3 is 2.48 bits per heavy atom. The minimum Gasteiger partial charge on any atom is -0.293 e. The summed E-state index contributed by atoms with van der Waals surface area (Å²) >= 11 is 0. The number of nitrogens with one attached hydrogen (secondary N) is 1. The Kier molecular flexibility index (Phi) is 5.20. The van der Waals surface area contributed by atoms with Crippen molar-refractivity contribution in [1.29, 1.82) is 0 Å². The van der Waals surface area contributed by atoms with Gasteiger partial charge in [-0.25, -0.2) is 22.2 Å². The van der Waals surface area contributed by atoms with Gasteiger partial charge in [-0.1, -0.05) is 18.2 Å². The number of carbonyl (C=O) groups excluding carboxylic acids is 1. The van der Waals surface area contributed by atoms with Crippen LogP contribution in [0.5, 0.6) is 0 Å². The van der Waals surface area contributed by atoms with Gasteiger partial charge in [-0.3, -0.25) is 4.79 Å². The number of sulfonamides is 1. The molecule has 1 N–H and O–H groups in total. The Hall–Kier alpha value is -2.84. The second-order valence-corrected chi connectivity index (χ2v) is 7.84. The summed E-state index contributed by atoms with van der Waals surface area (Å²) in [6, 6.07) is 12.4. The molecule has 0 spiro atoms. The fraction of sp³-hybridized carbons (Fsp3) is 0.158. The Labute approximate surface area is 156 Å². The van der Waals surface area contributed by atoms with E-state index in [4.69, 9.17) is 0 Å². The number of benzene rings is 2. The summed E-state index contributed by atoms with van der Waals surface area (Å²) in [6.45, 7) is 2.83. The number of nitrogens with zero attached hydrogens (tertiary/aromatic N) is 2. The normalized spacial score (nSPS) is 11.5. The van der Waals surface area contributed by atoms with Crippen LogP contribution in [0.4, 0.5) is 4.39 Å². The predicted octanol–water partition coefficient (Wildman–Crippen LogP) is 2.79. The molecule has 0 bridgehead atoms. The van der Waals surface area contributed by atoms with E-state index in [0.29, 0.717) is 5.69 Å². The molecule has 0 aliphatic rings. The van der Waals surface area contributed by atoms with E-state index in [1.807, 2.05) is 6.92 Å². The molecule has 1 heterocycles. The van der Waals surface area contributed by atoms with Gasteiger partial charge in [0.2, 0.25) is 10.0 Å². The van der Waals surface area contributed by atoms with Gasteiger partial charge in [-0.05, 0) is 49.7 Å². The fourth-order valence-electron chi connectivity index (χ4n) is 2.65. The lowest BCUT2D eigenvalue weighted by Gasteiger charge is -2.11. The van der Waals surface area contributed by atoms with Gasteiger partial charge in [0.05, 0.1) is 22.7 Å². The highest BCUT2D eigenvalue weighted by molar-refractivity contribution is 7.89. The molecule has 0 saturated carbocycles. The SMILES string of the molecule is Cc1cc(-n2nccc2C)cc(C(=O)CNS(=O)(=O)c2ccccc2)c1F. The quantitative estimate of drug-likeness (QED) is 0.660. The molecule has 1 aromatic heterocycles. The van der Waals surface area contributed by atoms with Crippen LogP contribution < -0.4 is 4.72 Å². The Bertz CT molecular complexity index is 1090. The lowest BCUT2D eigenvalue weighted by molar-refractivity contribution is 0.0993. The van der Waals surface area contributed by atoms with E-state index >= 15 is 0 Å². The van der Waals surface area contributed by atoms with Crippen LogP contribution in [0, 0.1) is 19.7 Å². The molecular formula is C19H18FN3O3S. The van der Waals surface area contributed by atoms with E-state index in [1.165, 1.54) is 18.2 Å². The number of hydrogen-bond donors (Lipinski definition) is 1. The molecule has 27 heavy (non-hydrogen) atoms. The summed E-state index contributed by atoms with van der Waals surface area (Å²) in [6.07, 6.45) is 1.60. The minimum atomic E-state index is -3.86. The van der Waals surface area contributed by atoms with Crippen LogP contribution in [0.15, 0.2) is 59.6 Å². The zero-order valence-electron chi connectivity index (χ0n) is 14.8. The fourth-order valence-corrected chi connectivity index (χ4v) is 3.66. The number of ketones is 1. The molecule has 3 rings (SSSR count). The lowest BCUT2D eigenvalue weighted by Crippen LogP contribution is -2.30. The highest BCUT2D eigenvalue weighted by atomic mass is 32.2. The second-order valence-electron chi connectivity index (χ2n) is 6.07. The standard InChI is InChI=1S/C19H18FN3O3S/c1-13-10-15(23-14(2)8-9-21-23)11-17(19(13)20)18(24)12-22-27(25,26)16-6-4-3-5-7-16/h3-11,22H,12H2,1-2H3. The van der Waals surface area contributed by atoms with Crippen molar-refractivity contribution >= 4 is 15.8 Å². The molecule has 0 unspecified atom stereocenters. The summed E-state index contributed by atoms with van der Waals surface area (Å²) in [4.78, 5) is 12.5. The van der Waals surface area contributed by atoms with E-state index in [2.05, 4.69) is 9.82 Å². The van der Waals surface area contributed by atoms with Crippen molar-refractivity contribution in [3.05, 3.63) is 77.4 Å². The Morgan fingerprint density at radius 1 is 1.15 bits per heavy atom. The minimum absolute atomic E-state index is 0.0374. The molecule has 0 saturated heterocycles. The molecular weight excluding hydrogens is 369 g/mol. The van der Waals surface area contributed by atoms with Crippen LogP contribution >= 0.6 is 0 Å². The summed E-state index contributed by atoms with van der Waals surface area (Å²) in [5, 5.41) is 4.15. The van der Waals surface area contributed by atoms with Crippen molar-refractivity contribution < 1.29 is 17.6 Å². The topological polar surface area (TPSA) is 81.1 Å². The number of aryl methyl sites for hydroxylation is 2. The predicted molar refractivity (Wildman–Crippen MR) is 99.0 cm³/mol. The largest absolute Gasteiger partial charge is 0.293 e. The summed E-state index contributed by atoms with van der Waals surface area (Å²) in [7, 11) is -3.86. The molecule has 0 radical (unpaired) electrons. The van der Waals surface area contributed by atoms with Crippen LogP contribution in [0.2, 0.25) is 0 Å². The van der Waals surface area contributed by atoms with Crippen LogP contribution in [0.25, 0.3) is 5.69 Å². The number of rotatable bonds is 6. The van der Waals surface area contributed by atoms with Gasteiger partial charge >= 0.3 is 0 Å². The van der Waals surface area contributed by atoms with E-state index in [9.17, 15) is 17.6 Å². The molecule has 0 aliphatic carbocycles. The number of hydrogen-bond acceptors (Lipinski definition) is 4. The monoisotopic (exact) mass is 387 g/mol. The van der Waals surface area contributed by atoms with Crippen molar-refractivity contribution in [2.45, 2.75) is 18.7 Å². The Morgan fingerprint density at radius 2 is 1.85 bits per heavy atom. The molecule has 3 aromatic rings. The van der Waals surface area contributed by atoms with Gasteiger partial charge in [0.25, 0.3) is 0 Å². The average molecular weight is 387 g/mol. The molecule has 2 aromatic carbocycles. The molecule has 140 valence electrons.